The van der Waals surface area contributed by atoms with Gasteiger partial charge in [-0.25, -0.2) is 13.1 Å². The zero-order valence-corrected chi connectivity index (χ0v) is 17.1. The Kier molecular flexibility index (Phi) is 6.41. The summed E-state index contributed by atoms with van der Waals surface area (Å²) in [5.74, 6) is 0.907. The largest absolute Gasteiger partial charge is 0.455 e. The molecule has 0 aliphatic rings. The fourth-order valence-corrected chi connectivity index (χ4v) is 5.33. The number of hydrogen-bond acceptors (Lipinski definition) is 5. The Balaban J connectivity index is 2.02. The summed E-state index contributed by atoms with van der Waals surface area (Å²) >= 11 is 13.2. The molecule has 0 unspecified atom stereocenters. The molecule has 3 rings (SSSR count). The monoisotopic (exact) mass is 442 g/mol. The highest BCUT2D eigenvalue weighted by molar-refractivity contribution is 7.91. The van der Waals surface area contributed by atoms with Crippen molar-refractivity contribution >= 4 is 44.6 Å². The second-order valence-electron chi connectivity index (χ2n) is 5.48. The van der Waals surface area contributed by atoms with E-state index >= 15 is 0 Å². The fraction of sp³-hybridized carbons (Fsp3) is 0.111. The van der Waals surface area contributed by atoms with Crippen molar-refractivity contribution < 1.29 is 13.2 Å². The van der Waals surface area contributed by atoms with E-state index in [4.69, 9.17) is 33.7 Å². The normalized spacial score (nSPS) is 11.5. The van der Waals surface area contributed by atoms with E-state index in [9.17, 15) is 8.42 Å². The van der Waals surface area contributed by atoms with Crippen LogP contribution in [0.25, 0.3) is 11.1 Å². The van der Waals surface area contributed by atoms with Gasteiger partial charge >= 0.3 is 0 Å². The second-order valence-corrected chi connectivity index (χ2v) is 9.20. The number of thiophene rings is 1. The van der Waals surface area contributed by atoms with E-state index in [-0.39, 0.29) is 17.3 Å². The van der Waals surface area contributed by atoms with E-state index in [2.05, 4.69) is 4.72 Å². The summed E-state index contributed by atoms with van der Waals surface area (Å²) < 4.78 is 33.8. The van der Waals surface area contributed by atoms with Crippen LogP contribution in [0.2, 0.25) is 10.0 Å². The van der Waals surface area contributed by atoms with E-state index in [1.807, 2.05) is 6.07 Å². The number of hydrogen-bond donors (Lipinski definition) is 2. The van der Waals surface area contributed by atoms with Crippen molar-refractivity contribution in [3.8, 4) is 22.6 Å². The zero-order chi connectivity index (χ0) is 19.4. The van der Waals surface area contributed by atoms with Crippen molar-refractivity contribution in [3.63, 3.8) is 0 Å². The van der Waals surface area contributed by atoms with E-state index < -0.39 is 10.0 Å². The molecule has 3 N–H and O–H groups in total. The average Bonchev–Trinajstić information content (AvgIpc) is 3.13. The molecule has 9 heteroatoms. The van der Waals surface area contributed by atoms with E-state index in [1.165, 1.54) is 0 Å². The van der Waals surface area contributed by atoms with Gasteiger partial charge in [0.2, 0.25) is 0 Å². The molecule has 0 aliphatic heterocycles. The smallest absolute Gasteiger partial charge is 0.250 e. The first-order chi connectivity index (χ1) is 12.9. The van der Waals surface area contributed by atoms with Crippen LogP contribution in [0.4, 0.5) is 0 Å². The minimum Gasteiger partial charge on any atom is -0.455 e. The van der Waals surface area contributed by atoms with Gasteiger partial charge in [0.1, 0.15) is 15.7 Å². The molecule has 2 aromatic carbocycles. The molecule has 0 bridgehead atoms. The number of benzene rings is 2. The number of para-hydroxylation sites is 1. The maximum absolute atomic E-state index is 12.6. The Hall–Kier alpha value is -1.61. The topological polar surface area (TPSA) is 81.4 Å². The highest BCUT2D eigenvalue weighted by atomic mass is 35.5. The number of sulfonamides is 1. The Bertz CT molecular complexity index is 1050. The molecule has 0 amide bonds. The molecule has 1 heterocycles. The summed E-state index contributed by atoms with van der Waals surface area (Å²) in [6.07, 6.45) is 0. The SMILES string of the molecule is NCCNS(=O)(=O)c1sccc1-c1ccccc1Oc1ccc(Cl)cc1Cl. The van der Waals surface area contributed by atoms with Crippen molar-refractivity contribution in [3.05, 3.63) is 64.0 Å². The molecule has 0 aliphatic carbocycles. The first-order valence-electron chi connectivity index (χ1n) is 7.92. The van der Waals surface area contributed by atoms with Gasteiger partial charge in [-0.05, 0) is 35.7 Å². The Morgan fingerprint density at radius 3 is 2.56 bits per heavy atom. The third kappa shape index (κ3) is 4.63. The quantitative estimate of drug-likeness (QED) is 0.552. The van der Waals surface area contributed by atoms with Crippen LogP contribution in [0.1, 0.15) is 0 Å². The van der Waals surface area contributed by atoms with Gasteiger partial charge in [-0.2, -0.15) is 0 Å². The lowest BCUT2D eigenvalue weighted by Crippen LogP contribution is -2.28. The minimum absolute atomic E-state index is 0.165. The molecule has 0 radical (unpaired) electrons. The third-order valence-electron chi connectivity index (χ3n) is 3.60. The Morgan fingerprint density at radius 1 is 1.04 bits per heavy atom. The van der Waals surface area contributed by atoms with E-state index in [0.717, 1.165) is 11.3 Å². The van der Waals surface area contributed by atoms with Crippen molar-refractivity contribution in [1.29, 1.82) is 0 Å². The molecule has 3 aromatic rings. The standard InChI is InChI=1S/C18H16Cl2N2O3S2/c19-12-5-6-17(15(20)11-12)25-16-4-2-1-3-13(16)14-7-10-26-18(14)27(23,24)22-9-8-21/h1-7,10-11,22H,8-9,21H2. The summed E-state index contributed by atoms with van der Waals surface area (Å²) in [4.78, 5) is 0. The van der Waals surface area contributed by atoms with Gasteiger partial charge in [0, 0.05) is 29.2 Å². The molecular formula is C18H16Cl2N2O3S2. The predicted octanol–water partition coefficient (Wildman–Crippen LogP) is 4.75. The lowest BCUT2D eigenvalue weighted by molar-refractivity contribution is 0.484. The lowest BCUT2D eigenvalue weighted by Gasteiger charge is -2.13. The van der Waals surface area contributed by atoms with Crippen LogP contribution in [0.3, 0.4) is 0 Å². The van der Waals surface area contributed by atoms with Gasteiger partial charge in [-0.15, -0.1) is 11.3 Å². The maximum Gasteiger partial charge on any atom is 0.250 e. The van der Waals surface area contributed by atoms with Crippen LogP contribution in [-0.2, 0) is 10.0 Å². The molecule has 27 heavy (non-hydrogen) atoms. The molecule has 0 spiro atoms. The predicted molar refractivity (Wildman–Crippen MR) is 111 cm³/mol. The molecule has 0 fully saturated rings. The van der Waals surface area contributed by atoms with Gasteiger partial charge in [0.25, 0.3) is 10.0 Å². The molecule has 1 aromatic heterocycles. The molecule has 5 nitrogen and oxygen atoms in total. The van der Waals surface area contributed by atoms with Gasteiger partial charge in [0.15, 0.2) is 0 Å². The molecule has 0 saturated carbocycles. The zero-order valence-electron chi connectivity index (χ0n) is 14.0. The lowest BCUT2D eigenvalue weighted by atomic mass is 10.1. The molecule has 142 valence electrons. The number of halogens is 2. The van der Waals surface area contributed by atoms with Crippen molar-refractivity contribution in [2.24, 2.45) is 5.73 Å². The summed E-state index contributed by atoms with van der Waals surface area (Å²) in [7, 11) is -3.67. The van der Waals surface area contributed by atoms with Crippen LogP contribution in [0.15, 0.2) is 58.1 Å². The first kappa shape index (κ1) is 20.1. The number of nitrogens with two attached hydrogens (primary N) is 1. The highest BCUT2D eigenvalue weighted by Gasteiger charge is 2.22. The summed E-state index contributed by atoms with van der Waals surface area (Å²) in [6, 6.07) is 13.8. The number of ether oxygens (including phenoxy) is 1. The average molecular weight is 443 g/mol. The van der Waals surface area contributed by atoms with Crippen LogP contribution in [0, 0.1) is 0 Å². The van der Waals surface area contributed by atoms with Gasteiger partial charge < -0.3 is 10.5 Å². The summed E-state index contributed by atoms with van der Waals surface area (Å²) in [6.45, 7) is 0.382. The van der Waals surface area contributed by atoms with Crippen LogP contribution in [-0.4, -0.2) is 21.5 Å². The minimum atomic E-state index is -3.67. The fourth-order valence-electron chi connectivity index (χ4n) is 2.42. The maximum atomic E-state index is 12.6. The summed E-state index contributed by atoms with van der Waals surface area (Å²) in [5, 5.41) is 2.58. The van der Waals surface area contributed by atoms with Gasteiger partial charge in [-0.3, -0.25) is 0 Å². The van der Waals surface area contributed by atoms with Gasteiger partial charge in [-0.1, -0.05) is 41.4 Å². The third-order valence-corrected chi connectivity index (χ3v) is 7.08. The Labute approximate surface area is 171 Å². The molecule has 0 saturated heterocycles. The van der Waals surface area contributed by atoms with Crippen LogP contribution in [0.5, 0.6) is 11.5 Å². The van der Waals surface area contributed by atoms with E-state index in [0.29, 0.717) is 32.7 Å². The van der Waals surface area contributed by atoms with Crippen LogP contribution < -0.4 is 15.2 Å². The van der Waals surface area contributed by atoms with E-state index in [1.54, 1.807) is 47.8 Å². The van der Waals surface area contributed by atoms with Crippen molar-refractivity contribution in [2.75, 3.05) is 13.1 Å². The summed E-state index contributed by atoms with van der Waals surface area (Å²) in [5.41, 5.74) is 6.59. The number of rotatable bonds is 7. The number of nitrogens with one attached hydrogen (secondary N) is 1. The highest BCUT2D eigenvalue weighted by Crippen LogP contribution is 2.40. The molecule has 0 atom stereocenters. The van der Waals surface area contributed by atoms with Gasteiger partial charge in [0.05, 0.1) is 5.02 Å². The molecular weight excluding hydrogens is 427 g/mol. The second kappa shape index (κ2) is 8.60. The first-order valence-corrected chi connectivity index (χ1v) is 11.0. The Morgan fingerprint density at radius 2 is 1.81 bits per heavy atom. The van der Waals surface area contributed by atoms with Crippen molar-refractivity contribution in [2.45, 2.75) is 4.21 Å². The van der Waals surface area contributed by atoms with Crippen LogP contribution >= 0.6 is 34.5 Å². The van der Waals surface area contributed by atoms with Crippen molar-refractivity contribution in [1.82, 2.24) is 4.72 Å².